The Kier molecular flexibility index (Phi) is 4.16. The molecule has 2 atom stereocenters. The maximum Gasteiger partial charge on any atom is 0.410 e. The van der Waals surface area contributed by atoms with Crippen LogP contribution >= 0.6 is 0 Å². The summed E-state index contributed by atoms with van der Waals surface area (Å²) in [4.78, 5) is 8.84. The van der Waals surface area contributed by atoms with Gasteiger partial charge < -0.3 is 5.32 Å². The molecule has 166 valence electrons. The second-order valence-corrected chi connectivity index (χ2v) is 7.87. The van der Waals surface area contributed by atoms with Gasteiger partial charge in [-0.25, -0.2) is 23.6 Å². The molecule has 0 saturated carbocycles. The van der Waals surface area contributed by atoms with E-state index < -0.39 is 24.1 Å². The van der Waals surface area contributed by atoms with E-state index in [0.29, 0.717) is 11.2 Å². The molecule has 2 aromatic carbocycles. The number of aromatic nitrogens is 6. The van der Waals surface area contributed by atoms with Gasteiger partial charge in [-0.1, -0.05) is 24.3 Å². The molecule has 0 spiro atoms. The summed E-state index contributed by atoms with van der Waals surface area (Å²) in [6, 6.07) is 11.8. The molecule has 11 heteroatoms. The smallest absolute Gasteiger partial charge is 0.363 e. The van der Waals surface area contributed by atoms with Crippen molar-refractivity contribution in [3.8, 4) is 11.5 Å². The van der Waals surface area contributed by atoms with Crippen LogP contribution in [0.3, 0.4) is 0 Å². The summed E-state index contributed by atoms with van der Waals surface area (Å²) < 4.78 is 57.5. The SMILES string of the molecule is Fc1ccc([C@H]2C[C@@H](C(F)(F)F)n3nc(-c4nc5c6ccccc6ncn5n4)cc3N2)cc1. The van der Waals surface area contributed by atoms with Crippen molar-refractivity contribution in [3.63, 3.8) is 0 Å². The van der Waals surface area contributed by atoms with Gasteiger partial charge in [0.1, 0.15) is 23.7 Å². The largest absolute Gasteiger partial charge is 0.410 e. The molecule has 0 unspecified atom stereocenters. The van der Waals surface area contributed by atoms with Crippen LogP contribution in [-0.4, -0.2) is 35.5 Å². The first-order chi connectivity index (χ1) is 15.9. The second-order valence-electron chi connectivity index (χ2n) is 7.87. The van der Waals surface area contributed by atoms with Gasteiger partial charge in [0, 0.05) is 17.9 Å². The summed E-state index contributed by atoms with van der Waals surface area (Å²) in [6.45, 7) is 0. The lowest BCUT2D eigenvalue weighted by Crippen LogP contribution is -2.35. The molecule has 4 heterocycles. The van der Waals surface area contributed by atoms with E-state index in [2.05, 4.69) is 25.5 Å². The lowest BCUT2D eigenvalue weighted by atomic mass is 9.97. The quantitative estimate of drug-likeness (QED) is 0.384. The van der Waals surface area contributed by atoms with E-state index in [9.17, 15) is 17.6 Å². The van der Waals surface area contributed by atoms with Crippen LogP contribution < -0.4 is 5.32 Å². The van der Waals surface area contributed by atoms with Crippen molar-refractivity contribution in [3.05, 3.63) is 72.3 Å². The summed E-state index contributed by atoms with van der Waals surface area (Å²) in [5.41, 5.74) is 2.03. The van der Waals surface area contributed by atoms with E-state index >= 15 is 0 Å². The van der Waals surface area contributed by atoms with E-state index in [-0.39, 0.29) is 23.8 Å². The van der Waals surface area contributed by atoms with E-state index in [0.717, 1.165) is 15.6 Å². The molecule has 0 saturated heterocycles. The van der Waals surface area contributed by atoms with Crippen molar-refractivity contribution in [1.82, 2.24) is 29.4 Å². The minimum absolute atomic E-state index is 0.190. The van der Waals surface area contributed by atoms with Gasteiger partial charge in [-0.05, 0) is 29.8 Å². The number of rotatable bonds is 2. The molecule has 33 heavy (non-hydrogen) atoms. The Morgan fingerprint density at radius 2 is 1.79 bits per heavy atom. The molecule has 3 aromatic heterocycles. The summed E-state index contributed by atoms with van der Waals surface area (Å²) in [6.07, 6.45) is -3.30. The van der Waals surface area contributed by atoms with Gasteiger partial charge in [0.05, 0.1) is 11.6 Å². The number of fused-ring (bicyclic) bond motifs is 4. The Bertz CT molecular complexity index is 1490. The highest BCUT2D eigenvalue weighted by Gasteiger charge is 2.46. The first-order valence-electron chi connectivity index (χ1n) is 10.2. The number of hydrogen-bond donors (Lipinski definition) is 1. The van der Waals surface area contributed by atoms with Crippen LogP contribution in [0.2, 0.25) is 0 Å². The highest BCUT2D eigenvalue weighted by Crippen LogP contribution is 2.44. The zero-order valence-corrected chi connectivity index (χ0v) is 16.8. The zero-order valence-electron chi connectivity index (χ0n) is 16.8. The third-order valence-corrected chi connectivity index (χ3v) is 5.77. The average molecular weight is 453 g/mol. The summed E-state index contributed by atoms with van der Waals surface area (Å²) in [7, 11) is 0. The van der Waals surface area contributed by atoms with Gasteiger partial charge in [0.25, 0.3) is 0 Å². The number of hydrogen-bond acceptors (Lipinski definition) is 5. The van der Waals surface area contributed by atoms with Crippen LogP contribution in [0.15, 0.2) is 60.9 Å². The zero-order chi connectivity index (χ0) is 22.7. The molecule has 0 aliphatic carbocycles. The van der Waals surface area contributed by atoms with E-state index in [1.165, 1.54) is 41.2 Å². The number of para-hydroxylation sites is 1. The molecule has 6 rings (SSSR count). The molecular weight excluding hydrogens is 438 g/mol. The monoisotopic (exact) mass is 453 g/mol. The number of benzene rings is 2. The van der Waals surface area contributed by atoms with Gasteiger partial charge in [0.15, 0.2) is 11.7 Å². The van der Waals surface area contributed by atoms with Crippen LogP contribution in [0, 0.1) is 5.82 Å². The highest BCUT2D eigenvalue weighted by atomic mass is 19.4. The van der Waals surface area contributed by atoms with E-state index in [1.54, 1.807) is 0 Å². The molecule has 7 nitrogen and oxygen atoms in total. The number of nitrogens with one attached hydrogen (secondary N) is 1. The fourth-order valence-electron chi connectivity index (χ4n) is 4.18. The van der Waals surface area contributed by atoms with Crippen molar-refractivity contribution in [2.75, 3.05) is 5.32 Å². The second kappa shape index (κ2) is 6.99. The molecule has 1 N–H and O–H groups in total. The Labute approximate surface area is 183 Å². The fourth-order valence-corrected chi connectivity index (χ4v) is 4.18. The molecule has 0 fully saturated rings. The minimum atomic E-state index is -4.52. The normalized spacial score (nSPS) is 18.4. The van der Waals surface area contributed by atoms with Crippen molar-refractivity contribution in [2.24, 2.45) is 0 Å². The molecule has 0 radical (unpaired) electrons. The first kappa shape index (κ1) is 19.6. The summed E-state index contributed by atoms with van der Waals surface area (Å²) in [5, 5.41) is 12.4. The minimum Gasteiger partial charge on any atom is -0.363 e. The third-order valence-electron chi connectivity index (χ3n) is 5.77. The fraction of sp³-hybridized carbons (Fsp3) is 0.182. The molecule has 5 aromatic rings. The Morgan fingerprint density at radius 1 is 1.00 bits per heavy atom. The predicted molar refractivity (Wildman–Crippen MR) is 112 cm³/mol. The van der Waals surface area contributed by atoms with Crippen molar-refractivity contribution < 1.29 is 17.6 Å². The van der Waals surface area contributed by atoms with Crippen molar-refractivity contribution in [1.29, 1.82) is 0 Å². The topological polar surface area (TPSA) is 72.9 Å². The Hall–Kier alpha value is -4.02. The van der Waals surface area contributed by atoms with Gasteiger partial charge in [-0.3, -0.25) is 0 Å². The van der Waals surface area contributed by atoms with Gasteiger partial charge >= 0.3 is 6.18 Å². The van der Waals surface area contributed by atoms with Crippen LogP contribution in [0.25, 0.3) is 28.1 Å². The molecular formula is C22H15F4N7. The molecule has 1 aliphatic heterocycles. The lowest BCUT2D eigenvalue weighted by molar-refractivity contribution is -0.173. The van der Waals surface area contributed by atoms with E-state index in [4.69, 9.17) is 0 Å². The van der Waals surface area contributed by atoms with E-state index in [1.807, 2.05) is 24.3 Å². The van der Waals surface area contributed by atoms with Gasteiger partial charge in [-0.15, -0.1) is 5.10 Å². The van der Waals surface area contributed by atoms with Crippen molar-refractivity contribution >= 4 is 22.4 Å². The highest BCUT2D eigenvalue weighted by molar-refractivity contribution is 5.91. The Balaban J connectivity index is 1.44. The van der Waals surface area contributed by atoms with Gasteiger partial charge in [0.2, 0.25) is 5.82 Å². The van der Waals surface area contributed by atoms with Crippen LogP contribution in [0.4, 0.5) is 23.4 Å². The predicted octanol–water partition coefficient (Wildman–Crippen LogP) is 4.94. The van der Waals surface area contributed by atoms with Crippen LogP contribution in [0.1, 0.15) is 24.1 Å². The maximum atomic E-state index is 13.9. The van der Waals surface area contributed by atoms with Gasteiger partial charge in [-0.2, -0.15) is 18.3 Å². The number of alkyl halides is 3. The molecule has 0 amide bonds. The summed E-state index contributed by atoms with van der Waals surface area (Å²) in [5.74, 6) is -0.0694. The number of halogens is 4. The molecule has 1 aliphatic rings. The standard InChI is InChI=1S/C22H15F4N7/c23-13-7-5-12(6-8-13)16-9-18(22(24,25)26)33-19(28-16)10-17(30-33)20-29-21-14-3-1-2-4-15(14)27-11-32(21)31-20/h1-8,10-11,16,18,28H,9H2/t16-,18+/m1/s1. The van der Waals surface area contributed by atoms with Crippen LogP contribution in [0.5, 0.6) is 0 Å². The number of nitrogens with zero attached hydrogens (tertiary/aromatic N) is 6. The number of anilines is 1. The average Bonchev–Trinajstić information content (AvgIpc) is 3.42. The van der Waals surface area contributed by atoms with Crippen LogP contribution in [-0.2, 0) is 0 Å². The molecule has 0 bridgehead atoms. The van der Waals surface area contributed by atoms with Crippen molar-refractivity contribution in [2.45, 2.75) is 24.7 Å². The Morgan fingerprint density at radius 3 is 2.58 bits per heavy atom. The maximum absolute atomic E-state index is 13.9. The summed E-state index contributed by atoms with van der Waals surface area (Å²) >= 11 is 0. The lowest BCUT2D eigenvalue weighted by Gasteiger charge is -2.33. The third kappa shape index (κ3) is 3.27. The first-order valence-corrected chi connectivity index (χ1v) is 10.2.